The third-order valence-electron chi connectivity index (χ3n) is 5.18. The predicted octanol–water partition coefficient (Wildman–Crippen LogP) is 1.87. The quantitative estimate of drug-likeness (QED) is 0.822. The molecule has 1 amide bonds. The molecular formula is C20H24N4O2. The Hall–Kier alpha value is -2.47. The SMILES string of the molecule is O=C1CN(c2cc([C@@H]3CCOC3)ncn2)CCN1CCc1ccccc1. The molecule has 2 saturated heterocycles. The molecule has 0 bridgehead atoms. The van der Waals surface area contributed by atoms with E-state index in [2.05, 4.69) is 27.0 Å². The van der Waals surface area contributed by atoms with E-state index in [0.717, 1.165) is 57.2 Å². The molecule has 6 nitrogen and oxygen atoms in total. The Kier molecular flexibility index (Phi) is 5.11. The highest BCUT2D eigenvalue weighted by Crippen LogP contribution is 2.25. The number of hydrogen-bond acceptors (Lipinski definition) is 5. The number of benzene rings is 1. The first-order chi connectivity index (χ1) is 12.8. The molecule has 1 atom stereocenters. The third kappa shape index (κ3) is 3.85. The van der Waals surface area contributed by atoms with Crippen LogP contribution in [0.15, 0.2) is 42.7 Å². The smallest absolute Gasteiger partial charge is 0.242 e. The highest BCUT2D eigenvalue weighted by Gasteiger charge is 2.26. The number of anilines is 1. The van der Waals surface area contributed by atoms with Gasteiger partial charge in [0, 0.05) is 38.2 Å². The summed E-state index contributed by atoms with van der Waals surface area (Å²) in [6, 6.07) is 12.3. The highest BCUT2D eigenvalue weighted by molar-refractivity contribution is 5.82. The van der Waals surface area contributed by atoms with Crippen molar-refractivity contribution < 1.29 is 9.53 Å². The van der Waals surface area contributed by atoms with Gasteiger partial charge in [-0.2, -0.15) is 0 Å². The first-order valence-corrected chi connectivity index (χ1v) is 9.26. The molecule has 0 spiro atoms. The predicted molar refractivity (Wildman–Crippen MR) is 99.1 cm³/mol. The van der Waals surface area contributed by atoms with Crippen LogP contribution in [0.25, 0.3) is 0 Å². The monoisotopic (exact) mass is 352 g/mol. The molecule has 0 unspecified atom stereocenters. The summed E-state index contributed by atoms with van der Waals surface area (Å²) in [6.07, 6.45) is 3.50. The number of amides is 1. The van der Waals surface area contributed by atoms with Crippen molar-refractivity contribution in [2.24, 2.45) is 0 Å². The van der Waals surface area contributed by atoms with Gasteiger partial charge < -0.3 is 14.5 Å². The molecule has 4 rings (SSSR count). The molecule has 0 aliphatic carbocycles. The van der Waals surface area contributed by atoms with Gasteiger partial charge in [0.1, 0.15) is 12.1 Å². The van der Waals surface area contributed by atoms with E-state index >= 15 is 0 Å². The van der Waals surface area contributed by atoms with Crippen LogP contribution in [-0.4, -0.2) is 60.2 Å². The fourth-order valence-corrected chi connectivity index (χ4v) is 3.57. The van der Waals surface area contributed by atoms with Crippen molar-refractivity contribution in [3.63, 3.8) is 0 Å². The van der Waals surface area contributed by atoms with Crippen molar-refractivity contribution in [3.05, 3.63) is 54.0 Å². The van der Waals surface area contributed by atoms with Crippen LogP contribution in [0.1, 0.15) is 23.6 Å². The molecule has 26 heavy (non-hydrogen) atoms. The van der Waals surface area contributed by atoms with Gasteiger partial charge in [0.2, 0.25) is 5.91 Å². The lowest BCUT2D eigenvalue weighted by Crippen LogP contribution is -2.51. The molecule has 1 aromatic carbocycles. The summed E-state index contributed by atoms with van der Waals surface area (Å²) in [5, 5.41) is 0. The Morgan fingerprint density at radius 2 is 2.04 bits per heavy atom. The van der Waals surface area contributed by atoms with Crippen molar-refractivity contribution in [2.75, 3.05) is 44.3 Å². The Morgan fingerprint density at radius 1 is 1.15 bits per heavy atom. The number of hydrogen-bond donors (Lipinski definition) is 0. The van der Waals surface area contributed by atoms with E-state index in [-0.39, 0.29) is 5.91 Å². The van der Waals surface area contributed by atoms with E-state index in [9.17, 15) is 4.79 Å². The summed E-state index contributed by atoms with van der Waals surface area (Å²) in [5.74, 6) is 1.36. The molecule has 3 heterocycles. The molecule has 2 fully saturated rings. The van der Waals surface area contributed by atoms with Crippen molar-refractivity contribution in [1.82, 2.24) is 14.9 Å². The van der Waals surface area contributed by atoms with E-state index in [0.29, 0.717) is 12.5 Å². The molecule has 0 N–H and O–H groups in total. The molecule has 1 aromatic heterocycles. The van der Waals surface area contributed by atoms with Crippen LogP contribution in [0.2, 0.25) is 0 Å². The van der Waals surface area contributed by atoms with Crippen LogP contribution in [0, 0.1) is 0 Å². The van der Waals surface area contributed by atoms with Crippen LogP contribution < -0.4 is 4.90 Å². The summed E-state index contributed by atoms with van der Waals surface area (Å²) in [5.41, 5.74) is 2.29. The number of carbonyl (C=O) groups is 1. The molecule has 6 heteroatoms. The molecule has 2 aliphatic rings. The second-order valence-corrected chi connectivity index (χ2v) is 6.90. The zero-order valence-electron chi connectivity index (χ0n) is 14.9. The van der Waals surface area contributed by atoms with Crippen molar-refractivity contribution in [3.8, 4) is 0 Å². The summed E-state index contributed by atoms with van der Waals surface area (Å²) < 4.78 is 5.46. The van der Waals surface area contributed by atoms with Gasteiger partial charge in [0.05, 0.1) is 18.8 Å². The number of nitrogens with zero attached hydrogens (tertiary/aromatic N) is 4. The highest BCUT2D eigenvalue weighted by atomic mass is 16.5. The van der Waals surface area contributed by atoms with Gasteiger partial charge in [-0.3, -0.25) is 4.79 Å². The number of piperazine rings is 1. The molecule has 0 radical (unpaired) electrons. The maximum Gasteiger partial charge on any atom is 0.242 e. The minimum atomic E-state index is 0.163. The average molecular weight is 352 g/mol. The van der Waals surface area contributed by atoms with Crippen LogP contribution in [0.5, 0.6) is 0 Å². The first-order valence-electron chi connectivity index (χ1n) is 9.26. The largest absolute Gasteiger partial charge is 0.381 e. The fraction of sp³-hybridized carbons (Fsp3) is 0.450. The Balaban J connectivity index is 1.36. The van der Waals surface area contributed by atoms with Gasteiger partial charge >= 0.3 is 0 Å². The van der Waals surface area contributed by atoms with Crippen LogP contribution in [-0.2, 0) is 16.0 Å². The zero-order valence-corrected chi connectivity index (χ0v) is 14.9. The molecular weight excluding hydrogens is 328 g/mol. The normalized spacial score (nSPS) is 20.6. The summed E-state index contributed by atoms with van der Waals surface area (Å²) in [4.78, 5) is 25.4. The molecule has 2 aromatic rings. The number of ether oxygens (including phenoxy) is 1. The number of rotatable bonds is 5. The molecule has 136 valence electrons. The van der Waals surface area contributed by atoms with E-state index < -0.39 is 0 Å². The summed E-state index contributed by atoms with van der Waals surface area (Å²) in [7, 11) is 0. The van der Waals surface area contributed by atoms with Crippen molar-refractivity contribution >= 4 is 11.7 Å². The van der Waals surface area contributed by atoms with Gasteiger partial charge in [-0.1, -0.05) is 30.3 Å². The maximum atomic E-state index is 12.6. The standard InChI is InChI=1S/C20H24N4O2/c25-20-13-24(10-9-23(20)8-6-16-4-2-1-3-5-16)19-12-18(21-15-22-19)17-7-11-26-14-17/h1-5,12,15,17H,6-11,13-14H2/t17-/m1/s1. The lowest BCUT2D eigenvalue weighted by atomic mass is 10.0. The number of aromatic nitrogens is 2. The molecule has 2 aliphatic heterocycles. The van der Waals surface area contributed by atoms with E-state index in [1.54, 1.807) is 6.33 Å². The van der Waals surface area contributed by atoms with Crippen LogP contribution in [0.3, 0.4) is 0 Å². The molecule has 0 saturated carbocycles. The minimum absolute atomic E-state index is 0.163. The second kappa shape index (κ2) is 7.83. The van der Waals surface area contributed by atoms with Gasteiger partial charge in [-0.05, 0) is 18.4 Å². The van der Waals surface area contributed by atoms with Gasteiger partial charge in [0.15, 0.2) is 0 Å². The summed E-state index contributed by atoms with van der Waals surface area (Å²) >= 11 is 0. The van der Waals surface area contributed by atoms with Gasteiger partial charge in [0.25, 0.3) is 0 Å². The van der Waals surface area contributed by atoms with E-state index in [1.165, 1.54) is 5.56 Å². The fourth-order valence-electron chi connectivity index (χ4n) is 3.57. The van der Waals surface area contributed by atoms with E-state index in [4.69, 9.17) is 4.74 Å². The van der Waals surface area contributed by atoms with E-state index in [1.807, 2.05) is 29.2 Å². The minimum Gasteiger partial charge on any atom is -0.381 e. The second-order valence-electron chi connectivity index (χ2n) is 6.90. The topological polar surface area (TPSA) is 58.6 Å². The lowest BCUT2D eigenvalue weighted by Gasteiger charge is -2.35. The Labute approximate surface area is 153 Å². The third-order valence-corrected chi connectivity index (χ3v) is 5.18. The average Bonchev–Trinajstić information content (AvgIpc) is 3.23. The van der Waals surface area contributed by atoms with Gasteiger partial charge in [-0.15, -0.1) is 0 Å². The summed E-state index contributed by atoms with van der Waals surface area (Å²) in [6.45, 7) is 4.21. The Morgan fingerprint density at radius 3 is 2.81 bits per heavy atom. The van der Waals surface area contributed by atoms with Crippen LogP contribution in [0.4, 0.5) is 5.82 Å². The Bertz CT molecular complexity index is 746. The van der Waals surface area contributed by atoms with Crippen molar-refractivity contribution in [2.45, 2.75) is 18.8 Å². The van der Waals surface area contributed by atoms with Crippen molar-refractivity contribution in [1.29, 1.82) is 0 Å². The maximum absolute atomic E-state index is 12.6. The zero-order chi connectivity index (χ0) is 17.8. The number of carbonyl (C=O) groups excluding carboxylic acids is 1. The van der Waals surface area contributed by atoms with Crippen LogP contribution >= 0.6 is 0 Å². The lowest BCUT2D eigenvalue weighted by molar-refractivity contribution is -0.130. The first kappa shape index (κ1) is 17.0. The van der Waals surface area contributed by atoms with Gasteiger partial charge in [-0.25, -0.2) is 9.97 Å².